The molecule has 0 aliphatic carbocycles. The predicted molar refractivity (Wildman–Crippen MR) is 123 cm³/mol. The van der Waals surface area contributed by atoms with Crippen molar-refractivity contribution in [3.63, 3.8) is 0 Å². The third kappa shape index (κ3) is 4.78. The highest BCUT2D eigenvalue weighted by atomic mass is 15.2. The maximum atomic E-state index is 9.01. The van der Waals surface area contributed by atoms with Gasteiger partial charge in [0.15, 0.2) is 5.82 Å². The molecule has 0 aromatic carbocycles. The number of hydrogen-bond donors (Lipinski definition) is 3. The molecule has 1 aliphatic rings. The van der Waals surface area contributed by atoms with Crippen molar-refractivity contribution in [2.24, 2.45) is 0 Å². The molecule has 3 aromatic rings. The minimum absolute atomic E-state index is 0.317. The first kappa shape index (κ1) is 21.1. The Morgan fingerprint density at radius 3 is 2.90 bits per heavy atom. The molecule has 1 saturated heterocycles. The maximum Gasteiger partial charge on any atom is 0.153 e. The van der Waals surface area contributed by atoms with Crippen LogP contribution in [0.3, 0.4) is 0 Å². The number of aryl methyl sites for hydroxylation is 1. The Bertz CT molecular complexity index is 1070. The van der Waals surface area contributed by atoms with Crippen LogP contribution in [0.15, 0.2) is 30.5 Å². The molecule has 0 radical (unpaired) electrons. The van der Waals surface area contributed by atoms with Crippen LogP contribution in [0.4, 0.5) is 17.5 Å². The highest BCUT2D eigenvalue weighted by Crippen LogP contribution is 2.30. The molecule has 0 saturated carbocycles. The zero-order valence-corrected chi connectivity index (χ0v) is 18.4. The summed E-state index contributed by atoms with van der Waals surface area (Å²) in [5, 5.41) is 24.2. The van der Waals surface area contributed by atoms with E-state index in [2.05, 4.69) is 56.7 Å². The van der Waals surface area contributed by atoms with Gasteiger partial charge in [0.25, 0.3) is 0 Å². The predicted octanol–water partition coefficient (Wildman–Crippen LogP) is 4.36. The van der Waals surface area contributed by atoms with Crippen LogP contribution in [-0.2, 0) is 0 Å². The molecule has 4 rings (SSSR count). The highest BCUT2D eigenvalue weighted by molar-refractivity contribution is 5.91. The molecule has 1 aliphatic heterocycles. The lowest BCUT2D eigenvalue weighted by atomic mass is 9.90. The molecule has 0 bridgehead atoms. The smallest absolute Gasteiger partial charge is 0.153 e. The number of likely N-dealkylation sites (tertiary alicyclic amines) is 1. The lowest BCUT2D eigenvalue weighted by molar-refractivity contribution is 0.0859. The number of nitrogens with zero attached hydrogens (tertiary/aromatic N) is 5. The number of piperidine rings is 1. The van der Waals surface area contributed by atoms with Crippen LogP contribution in [0.1, 0.15) is 45.2 Å². The highest BCUT2D eigenvalue weighted by Gasteiger charge is 2.32. The van der Waals surface area contributed by atoms with Crippen molar-refractivity contribution in [2.45, 2.75) is 64.6 Å². The number of H-pyrrole nitrogens is 1. The first-order chi connectivity index (χ1) is 15.1. The van der Waals surface area contributed by atoms with Crippen LogP contribution in [-0.4, -0.2) is 49.7 Å². The van der Waals surface area contributed by atoms with Gasteiger partial charge in [-0.15, -0.1) is 0 Å². The van der Waals surface area contributed by atoms with Crippen molar-refractivity contribution in [3.05, 3.63) is 36.2 Å². The normalized spacial score (nSPS) is 21.7. The number of nitriles is 1. The first-order valence-corrected chi connectivity index (χ1v) is 11.0. The summed E-state index contributed by atoms with van der Waals surface area (Å²) in [6, 6.07) is 11.4. The molecule has 8 nitrogen and oxygen atoms in total. The molecule has 4 heterocycles. The SMILES string of the molecule is CCC1CC(Nc2nc(Nc3cc(C)[nH]n3)cc3ncccc23)CC(C)N1CCC#N. The first-order valence-electron chi connectivity index (χ1n) is 11.0. The third-order valence-electron chi connectivity index (χ3n) is 6.07. The van der Waals surface area contributed by atoms with E-state index in [0.29, 0.717) is 30.4 Å². The summed E-state index contributed by atoms with van der Waals surface area (Å²) in [4.78, 5) is 11.9. The fourth-order valence-electron chi connectivity index (χ4n) is 4.62. The van der Waals surface area contributed by atoms with E-state index in [0.717, 1.165) is 54.0 Å². The van der Waals surface area contributed by atoms with Crippen molar-refractivity contribution in [1.82, 2.24) is 25.1 Å². The summed E-state index contributed by atoms with van der Waals surface area (Å²) in [6.45, 7) is 7.30. The Morgan fingerprint density at radius 1 is 1.29 bits per heavy atom. The van der Waals surface area contributed by atoms with Gasteiger partial charge < -0.3 is 10.6 Å². The number of nitrogens with one attached hydrogen (secondary N) is 3. The maximum absolute atomic E-state index is 9.01. The second kappa shape index (κ2) is 9.31. The van der Waals surface area contributed by atoms with Crippen LogP contribution >= 0.6 is 0 Å². The summed E-state index contributed by atoms with van der Waals surface area (Å²) in [5.41, 5.74) is 1.88. The fourth-order valence-corrected chi connectivity index (χ4v) is 4.62. The lowest BCUT2D eigenvalue weighted by Crippen LogP contribution is -2.51. The Kier molecular flexibility index (Phi) is 6.33. The second-order valence-corrected chi connectivity index (χ2v) is 8.36. The van der Waals surface area contributed by atoms with E-state index < -0.39 is 0 Å². The van der Waals surface area contributed by atoms with Gasteiger partial charge in [0.1, 0.15) is 11.6 Å². The van der Waals surface area contributed by atoms with Gasteiger partial charge >= 0.3 is 0 Å². The molecule has 0 spiro atoms. The molecule has 3 atom stereocenters. The van der Waals surface area contributed by atoms with Crippen molar-refractivity contribution in [1.29, 1.82) is 5.26 Å². The van der Waals surface area contributed by atoms with Gasteiger partial charge in [-0.2, -0.15) is 10.4 Å². The average molecular weight is 419 g/mol. The van der Waals surface area contributed by atoms with Crippen molar-refractivity contribution >= 4 is 28.4 Å². The number of aromatic nitrogens is 4. The standard InChI is InChI=1S/C23H30N8/c1-4-18-13-17(12-16(3)31(18)10-6-8-24)26-23-19-7-5-9-25-20(19)14-21(28-23)27-22-11-15(2)29-30-22/h5,7,9,11,14,16-18H,4,6,10,12-13H2,1-3H3,(H3,26,27,28,29,30). The lowest BCUT2D eigenvalue weighted by Gasteiger charge is -2.44. The summed E-state index contributed by atoms with van der Waals surface area (Å²) in [5.74, 6) is 2.29. The topological polar surface area (TPSA) is 106 Å². The Morgan fingerprint density at radius 2 is 2.16 bits per heavy atom. The number of rotatable bonds is 7. The van der Waals surface area contributed by atoms with E-state index >= 15 is 0 Å². The van der Waals surface area contributed by atoms with Crippen LogP contribution < -0.4 is 10.6 Å². The molecule has 1 fully saturated rings. The number of fused-ring (bicyclic) bond motifs is 1. The number of hydrogen-bond acceptors (Lipinski definition) is 7. The fraction of sp³-hybridized carbons (Fsp3) is 0.478. The quantitative estimate of drug-likeness (QED) is 0.523. The molecule has 162 valence electrons. The third-order valence-corrected chi connectivity index (χ3v) is 6.07. The Balaban J connectivity index is 1.58. The van der Waals surface area contributed by atoms with Crippen LogP contribution in [0.2, 0.25) is 0 Å². The van der Waals surface area contributed by atoms with E-state index in [4.69, 9.17) is 10.2 Å². The second-order valence-electron chi connectivity index (χ2n) is 8.36. The summed E-state index contributed by atoms with van der Waals surface area (Å²) in [7, 11) is 0. The van der Waals surface area contributed by atoms with E-state index in [1.807, 2.05) is 25.1 Å². The summed E-state index contributed by atoms with van der Waals surface area (Å²) >= 11 is 0. The zero-order chi connectivity index (χ0) is 21.8. The van der Waals surface area contributed by atoms with Gasteiger partial charge in [-0.3, -0.25) is 15.0 Å². The van der Waals surface area contributed by atoms with Crippen molar-refractivity contribution in [3.8, 4) is 6.07 Å². The van der Waals surface area contributed by atoms with Gasteiger partial charge in [0.2, 0.25) is 0 Å². The van der Waals surface area contributed by atoms with Crippen molar-refractivity contribution < 1.29 is 0 Å². The molecular weight excluding hydrogens is 388 g/mol. The number of pyridine rings is 2. The van der Waals surface area contributed by atoms with Crippen LogP contribution in [0.5, 0.6) is 0 Å². The molecular formula is C23H30N8. The average Bonchev–Trinajstić information content (AvgIpc) is 3.17. The van der Waals surface area contributed by atoms with Gasteiger partial charge in [-0.05, 0) is 45.2 Å². The van der Waals surface area contributed by atoms with Crippen LogP contribution in [0.25, 0.3) is 10.9 Å². The van der Waals surface area contributed by atoms with Gasteiger partial charge in [0.05, 0.1) is 11.6 Å². The largest absolute Gasteiger partial charge is 0.367 e. The molecule has 3 N–H and O–H groups in total. The van der Waals surface area contributed by atoms with Crippen LogP contribution in [0, 0.1) is 18.3 Å². The Labute approximate surface area is 183 Å². The number of aromatic amines is 1. The van der Waals surface area contributed by atoms with Crippen molar-refractivity contribution in [2.75, 3.05) is 17.2 Å². The van der Waals surface area contributed by atoms with E-state index in [1.54, 1.807) is 6.20 Å². The van der Waals surface area contributed by atoms with Gasteiger partial charge in [-0.25, -0.2) is 4.98 Å². The summed E-state index contributed by atoms with van der Waals surface area (Å²) < 4.78 is 0. The molecule has 31 heavy (non-hydrogen) atoms. The van der Waals surface area contributed by atoms with Gasteiger partial charge in [0, 0.05) is 60.5 Å². The van der Waals surface area contributed by atoms with E-state index in [1.165, 1.54) is 0 Å². The molecule has 3 aromatic heterocycles. The molecule has 3 unspecified atom stereocenters. The minimum Gasteiger partial charge on any atom is -0.367 e. The van der Waals surface area contributed by atoms with E-state index in [9.17, 15) is 0 Å². The molecule has 8 heteroatoms. The number of anilines is 3. The Hall–Kier alpha value is -3.18. The molecule has 0 amide bonds. The summed E-state index contributed by atoms with van der Waals surface area (Å²) in [6.07, 6.45) is 5.51. The minimum atomic E-state index is 0.317. The van der Waals surface area contributed by atoms with E-state index in [-0.39, 0.29) is 0 Å². The van der Waals surface area contributed by atoms with Gasteiger partial charge in [-0.1, -0.05) is 6.92 Å². The monoisotopic (exact) mass is 418 g/mol. The zero-order valence-electron chi connectivity index (χ0n) is 18.4.